The smallest absolute Gasteiger partial charge is 0.163 e. The Balaban J connectivity index is 2.04. The van der Waals surface area contributed by atoms with Crippen LogP contribution in [0.5, 0.6) is 5.75 Å². The second-order valence-corrected chi connectivity index (χ2v) is 5.99. The molecule has 0 spiro atoms. The minimum atomic E-state index is 0.185. The zero-order valence-corrected chi connectivity index (χ0v) is 14.2. The van der Waals surface area contributed by atoms with Gasteiger partial charge in [0.05, 0.1) is 7.11 Å². The number of halogens is 1. The molecule has 0 aliphatic heterocycles. The van der Waals surface area contributed by atoms with E-state index in [0.717, 1.165) is 38.9 Å². The van der Waals surface area contributed by atoms with Crippen molar-refractivity contribution in [3.8, 4) is 5.75 Å². The maximum atomic E-state index is 12.3. The number of methoxy groups -OCH3 is 1. The first kappa shape index (κ1) is 15.8. The molecular weight excluding hydrogens is 328 g/mol. The molecule has 21 heavy (non-hydrogen) atoms. The second-order valence-electron chi connectivity index (χ2n) is 5.20. The van der Waals surface area contributed by atoms with Crippen LogP contribution in [0.1, 0.15) is 33.5 Å². The first-order valence-corrected chi connectivity index (χ1v) is 7.73. The van der Waals surface area contributed by atoms with E-state index in [1.807, 2.05) is 50.2 Å². The fourth-order valence-corrected chi connectivity index (χ4v) is 2.53. The normalized spacial score (nSPS) is 10.5. The number of aryl methyl sites for hydroxylation is 3. The van der Waals surface area contributed by atoms with Crippen molar-refractivity contribution in [1.29, 1.82) is 0 Å². The van der Waals surface area contributed by atoms with E-state index in [9.17, 15) is 4.79 Å². The summed E-state index contributed by atoms with van der Waals surface area (Å²) in [6, 6.07) is 11.8. The molecule has 2 aromatic carbocycles. The minimum absolute atomic E-state index is 0.185. The lowest BCUT2D eigenvalue weighted by molar-refractivity contribution is 0.0982. The van der Waals surface area contributed by atoms with Gasteiger partial charge in [0, 0.05) is 16.5 Å². The summed E-state index contributed by atoms with van der Waals surface area (Å²) in [5.41, 5.74) is 4.14. The van der Waals surface area contributed by atoms with Gasteiger partial charge in [0.1, 0.15) is 5.75 Å². The molecule has 0 bridgehead atoms. The van der Waals surface area contributed by atoms with E-state index >= 15 is 0 Å². The molecule has 110 valence electrons. The SMILES string of the molecule is COc1ccc(CCC(=O)c2cc(C)c(Br)c(C)c2)cc1. The van der Waals surface area contributed by atoms with Crippen LogP contribution in [0.4, 0.5) is 0 Å². The van der Waals surface area contributed by atoms with E-state index in [4.69, 9.17) is 4.74 Å². The van der Waals surface area contributed by atoms with Gasteiger partial charge in [-0.25, -0.2) is 0 Å². The van der Waals surface area contributed by atoms with Crippen LogP contribution in [-0.2, 0) is 6.42 Å². The van der Waals surface area contributed by atoms with E-state index < -0.39 is 0 Å². The third-order valence-electron chi connectivity index (χ3n) is 3.56. The van der Waals surface area contributed by atoms with Gasteiger partial charge in [-0.05, 0) is 61.2 Å². The molecule has 0 aromatic heterocycles. The lowest BCUT2D eigenvalue weighted by Gasteiger charge is -2.08. The number of ketones is 1. The Kier molecular flexibility index (Phi) is 5.18. The number of hydrogen-bond acceptors (Lipinski definition) is 2. The van der Waals surface area contributed by atoms with Gasteiger partial charge < -0.3 is 4.74 Å². The quantitative estimate of drug-likeness (QED) is 0.720. The molecule has 0 N–H and O–H groups in total. The third kappa shape index (κ3) is 3.94. The third-order valence-corrected chi connectivity index (χ3v) is 4.81. The summed E-state index contributed by atoms with van der Waals surface area (Å²) in [6.45, 7) is 4.02. The molecule has 2 nitrogen and oxygen atoms in total. The molecule has 0 aliphatic rings. The van der Waals surface area contributed by atoms with Crippen molar-refractivity contribution in [3.63, 3.8) is 0 Å². The van der Waals surface area contributed by atoms with Gasteiger partial charge in [-0.2, -0.15) is 0 Å². The van der Waals surface area contributed by atoms with Crippen LogP contribution in [0.15, 0.2) is 40.9 Å². The number of rotatable bonds is 5. The highest BCUT2D eigenvalue weighted by Gasteiger charge is 2.10. The predicted molar refractivity (Wildman–Crippen MR) is 89.3 cm³/mol. The highest BCUT2D eigenvalue weighted by atomic mass is 79.9. The summed E-state index contributed by atoms with van der Waals surface area (Å²) >= 11 is 3.53. The average molecular weight is 347 g/mol. The van der Waals surface area contributed by atoms with Crippen molar-refractivity contribution in [2.24, 2.45) is 0 Å². The number of Topliss-reactive ketones (excluding diaryl/α,β-unsaturated/α-hetero) is 1. The summed E-state index contributed by atoms with van der Waals surface area (Å²) in [5, 5.41) is 0. The van der Waals surface area contributed by atoms with Gasteiger partial charge in [-0.1, -0.05) is 28.1 Å². The number of carbonyl (C=O) groups excluding carboxylic acids is 1. The van der Waals surface area contributed by atoms with Crippen molar-refractivity contribution >= 4 is 21.7 Å². The first-order valence-electron chi connectivity index (χ1n) is 6.94. The molecule has 0 amide bonds. The van der Waals surface area contributed by atoms with Crippen LogP contribution >= 0.6 is 15.9 Å². The van der Waals surface area contributed by atoms with E-state index in [1.54, 1.807) is 7.11 Å². The lowest BCUT2D eigenvalue weighted by Crippen LogP contribution is -2.03. The lowest BCUT2D eigenvalue weighted by atomic mass is 9.99. The summed E-state index contributed by atoms with van der Waals surface area (Å²) in [7, 11) is 1.65. The summed E-state index contributed by atoms with van der Waals surface area (Å²) < 4.78 is 6.21. The molecule has 0 aliphatic carbocycles. The van der Waals surface area contributed by atoms with Gasteiger partial charge in [0.15, 0.2) is 5.78 Å². The summed E-state index contributed by atoms with van der Waals surface area (Å²) in [5.74, 6) is 1.02. The highest BCUT2D eigenvalue weighted by Crippen LogP contribution is 2.23. The van der Waals surface area contributed by atoms with Crippen LogP contribution in [0.3, 0.4) is 0 Å². The Labute approximate surface area is 134 Å². The standard InChI is InChI=1S/C18H19BrO2/c1-12-10-15(11-13(2)18(12)19)17(20)9-6-14-4-7-16(21-3)8-5-14/h4-5,7-8,10-11H,6,9H2,1-3H3. The number of ether oxygens (including phenoxy) is 1. The highest BCUT2D eigenvalue weighted by molar-refractivity contribution is 9.10. The fraction of sp³-hybridized carbons (Fsp3) is 0.278. The Morgan fingerprint density at radius 3 is 2.19 bits per heavy atom. The first-order chi connectivity index (χ1) is 10.0. The van der Waals surface area contributed by atoms with Crippen molar-refractivity contribution in [3.05, 3.63) is 63.1 Å². The molecule has 0 radical (unpaired) electrons. The Morgan fingerprint density at radius 1 is 1.10 bits per heavy atom. The molecule has 0 heterocycles. The average Bonchev–Trinajstić information content (AvgIpc) is 2.50. The molecule has 2 rings (SSSR count). The van der Waals surface area contributed by atoms with Crippen LogP contribution in [0.25, 0.3) is 0 Å². The molecule has 3 heteroatoms. The van der Waals surface area contributed by atoms with Gasteiger partial charge in [0.25, 0.3) is 0 Å². The molecular formula is C18H19BrO2. The molecule has 0 saturated heterocycles. The predicted octanol–water partition coefficient (Wildman–Crippen LogP) is 4.89. The maximum absolute atomic E-state index is 12.3. The van der Waals surface area contributed by atoms with Crippen molar-refractivity contribution in [2.45, 2.75) is 26.7 Å². The van der Waals surface area contributed by atoms with Crippen LogP contribution < -0.4 is 4.74 Å². The molecule has 0 saturated carbocycles. The Morgan fingerprint density at radius 2 is 1.67 bits per heavy atom. The number of hydrogen-bond donors (Lipinski definition) is 0. The van der Waals surface area contributed by atoms with Crippen molar-refractivity contribution < 1.29 is 9.53 Å². The maximum Gasteiger partial charge on any atom is 0.163 e. The van der Waals surface area contributed by atoms with Crippen LogP contribution in [0.2, 0.25) is 0 Å². The summed E-state index contributed by atoms with van der Waals surface area (Å²) in [6.07, 6.45) is 1.27. The van der Waals surface area contributed by atoms with Gasteiger partial charge in [0.2, 0.25) is 0 Å². The van der Waals surface area contributed by atoms with E-state index in [2.05, 4.69) is 15.9 Å². The minimum Gasteiger partial charge on any atom is -0.497 e. The topological polar surface area (TPSA) is 26.3 Å². The second kappa shape index (κ2) is 6.90. The zero-order valence-electron chi connectivity index (χ0n) is 12.6. The molecule has 0 fully saturated rings. The largest absolute Gasteiger partial charge is 0.497 e. The molecule has 0 unspecified atom stereocenters. The zero-order chi connectivity index (χ0) is 15.4. The van der Waals surface area contributed by atoms with Gasteiger partial charge in [-0.15, -0.1) is 0 Å². The van der Waals surface area contributed by atoms with Crippen LogP contribution in [-0.4, -0.2) is 12.9 Å². The Hall–Kier alpha value is -1.61. The van der Waals surface area contributed by atoms with E-state index in [-0.39, 0.29) is 5.78 Å². The Bertz CT molecular complexity index is 622. The number of benzene rings is 2. The van der Waals surface area contributed by atoms with E-state index in [1.165, 1.54) is 0 Å². The van der Waals surface area contributed by atoms with Gasteiger partial charge in [-0.3, -0.25) is 4.79 Å². The van der Waals surface area contributed by atoms with Crippen LogP contribution in [0, 0.1) is 13.8 Å². The summed E-state index contributed by atoms with van der Waals surface area (Å²) in [4.78, 5) is 12.3. The molecule has 0 atom stereocenters. The molecule has 2 aromatic rings. The van der Waals surface area contributed by atoms with Crippen molar-refractivity contribution in [2.75, 3.05) is 7.11 Å². The number of carbonyl (C=O) groups is 1. The monoisotopic (exact) mass is 346 g/mol. The van der Waals surface area contributed by atoms with E-state index in [0.29, 0.717) is 6.42 Å². The van der Waals surface area contributed by atoms with Crippen molar-refractivity contribution in [1.82, 2.24) is 0 Å². The van der Waals surface area contributed by atoms with Gasteiger partial charge >= 0.3 is 0 Å². The fourth-order valence-electron chi connectivity index (χ4n) is 2.30.